The highest BCUT2D eigenvalue weighted by Crippen LogP contribution is 2.34. The van der Waals surface area contributed by atoms with Gasteiger partial charge in [-0.1, -0.05) is 66.2 Å². The molecule has 3 aromatic carbocycles. The van der Waals surface area contributed by atoms with Crippen LogP contribution in [0.3, 0.4) is 0 Å². The summed E-state index contributed by atoms with van der Waals surface area (Å²) < 4.78 is 28.9. The van der Waals surface area contributed by atoms with Crippen molar-refractivity contribution in [2.24, 2.45) is 0 Å². The maximum atomic E-state index is 14.7. The van der Waals surface area contributed by atoms with Gasteiger partial charge in [0, 0.05) is 37.3 Å². The molecule has 0 saturated carbocycles. The predicted molar refractivity (Wildman–Crippen MR) is 108 cm³/mol. The maximum Gasteiger partial charge on any atom is 0.129 e. The van der Waals surface area contributed by atoms with Crippen LogP contribution in [0.4, 0.5) is 8.78 Å². The normalized spacial score (nSPS) is 17.9. The Balaban J connectivity index is 1.64. The van der Waals surface area contributed by atoms with E-state index in [9.17, 15) is 8.78 Å². The fourth-order valence-electron chi connectivity index (χ4n) is 3.91. The van der Waals surface area contributed by atoms with Crippen LogP contribution in [0.25, 0.3) is 0 Å². The van der Waals surface area contributed by atoms with Crippen LogP contribution in [-0.2, 0) is 13.1 Å². The lowest BCUT2D eigenvalue weighted by molar-refractivity contribution is 0.121. The predicted octanol–water partition coefficient (Wildman–Crippen LogP) is 5.29. The Morgan fingerprint density at radius 1 is 0.750 bits per heavy atom. The Labute approximate surface area is 165 Å². The molecule has 0 unspecified atom stereocenters. The fraction of sp³-hybridized carbons (Fsp3) is 0.250. The minimum atomic E-state index is -0.221. The topological polar surface area (TPSA) is 6.48 Å². The molecule has 1 aliphatic rings. The minimum absolute atomic E-state index is 0.216. The number of nitrogens with zero attached hydrogens (tertiary/aromatic N) is 2. The molecule has 1 atom stereocenters. The molecule has 4 rings (SSSR count). The highest BCUT2D eigenvalue weighted by molar-refractivity contribution is 5.25. The van der Waals surface area contributed by atoms with E-state index in [0.717, 1.165) is 19.6 Å². The van der Waals surface area contributed by atoms with E-state index in [1.54, 1.807) is 18.2 Å². The summed E-state index contributed by atoms with van der Waals surface area (Å²) in [5.41, 5.74) is 3.70. The molecule has 1 saturated heterocycles. The van der Waals surface area contributed by atoms with Crippen LogP contribution in [0.5, 0.6) is 0 Å². The van der Waals surface area contributed by atoms with Crippen molar-refractivity contribution in [1.29, 1.82) is 0 Å². The molecule has 0 N–H and O–H groups in total. The first-order chi connectivity index (χ1) is 13.6. The van der Waals surface area contributed by atoms with E-state index in [1.165, 1.54) is 23.3 Å². The molecule has 1 aliphatic heterocycles. The lowest BCUT2D eigenvalue weighted by atomic mass is 10.1. The van der Waals surface area contributed by atoms with Crippen LogP contribution in [0.2, 0.25) is 0 Å². The van der Waals surface area contributed by atoms with E-state index in [4.69, 9.17) is 0 Å². The summed E-state index contributed by atoms with van der Waals surface area (Å²) >= 11 is 0. The van der Waals surface area contributed by atoms with Gasteiger partial charge in [0.05, 0.1) is 6.17 Å². The van der Waals surface area contributed by atoms with Crippen molar-refractivity contribution in [1.82, 2.24) is 9.80 Å². The highest BCUT2D eigenvalue weighted by atomic mass is 19.1. The number of halogens is 2. The Bertz CT molecular complexity index is 939. The molecule has 28 heavy (non-hydrogen) atoms. The van der Waals surface area contributed by atoms with Crippen LogP contribution >= 0.6 is 0 Å². The molecule has 0 aliphatic carbocycles. The first kappa shape index (κ1) is 18.8. The average molecular weight is 378 g/mol. The summed E-state index contributed by atoms with van der Waals surface area (Å²) in [6.45, 7) is 4.82. The zero-order valence-corrected chi connectivity index (χ0v) is 16.0. The molecule has 0 spiro atoms. The van der Waals surface area contributed by atoms with E-state index < -0.39 is 0 Å². The Morgan fingerprint density at radius 3 is 2.04 bits per heavy atom. The largest absolute Gasteiger partial charge is 0.278 e. The van der Waals surface area contributed by atoms with Crippen molar-refractivity contribution in [2.45, 2.75) is 26.2 Å². The summed E-state index contributed by atoms with van der Waals surface area (Å²) in [6, 6.07) is 22.2. The van der Waals surface area contributed by atoms with Crippen molar-refractivity contribution in [3.05, 3.63) is 107 Å². The van der Waals surface area contributed by atoms with Gasteiger partial charge >= 0.3 is 0 Å². The molecular formula is C24H24F2N2. The smallest absolute Gasteiger partial charge is 0.129 e. The van der Waals surface area contributed by atoms with E-state index >= 15 is 0 Å². The Hall–Kier alpha value is -2.56. The molecule has 0 aromatic heterocycles. The first-order valence-corrected chi connectivity index (χ1v) is 9.63. The second kappa shape index (κ2) is 8.21. The van der Waals surface area contributed by atoms with Crippen molar-refractivity contribution < 1.29 is 8.78 Å². The molecule has 1 fully saturated rings. The molecule has 2 nitrogen and oxygen atoms in total. The third-order valence-electron chi connectivity index (χ3n) is 5.39. The van der Waals surface area contributed by atoms with Crippen molar-refractivity contribution in [2.75, 3.05) is 13.1 Å². The van der Waals surface area contributed by atoms with Gasteiger partial charge in [-0.3, -0.25) is 9.80 Å². The molecule has 4 heteroatoms. The van der Waals surface area contributed by atoms with Crippen LogP contribution in [-0.4, -0.2) is 22.9 Å². The maximum absolute atomic E-state index is 14.7. The summed E-state index contributed by atoms with van der Waals surface area (Å²) in [5.74, 6) is -0.436. The summed E-state index contributed by atoms with van der Waals surface area (Å²) in [6.07, 6.45) is -0.220. The van der Waals surface area contributed by atoms with Crippen LogP contribution in [0.15, 0.2) is 72.8 Å². The van der Waals surface area contributed by atoms with Gasteiger partial charge in [0.15, 0.2) is 0 Å². The van der Waals surface area contributed by atoms with Crippen LogP contribution < -0.4 is 0 Å². The second-order valence-electron chi connectivity index (χ2n) is 7.41. The van der Waals surface area contributed by atoms with Gasteiger partial charge in [-0.2, -0.15) is 0 Å². The fourth-order valence-corrected chi connectivity index (χ4v) is 3.91. The van der Waals surface area contributed by atoms with E-state index in [0.29, 0.717) is 17.7 Å². The van der Waals surface area contributed by atoms with Crippen molar-refractivity contribution in [3.63, 3.8) is 0 Å². The average Bonchev–Trinajstić information content (AvgIpc) is 3.08. The molecule has 0 bridgehead atoms. The summed E-state index contributed by atoms with van der Waals surface area (Å²) in [4.78, 5) is 4.43. The van der Waals surface area contributed by atoms with Gasteiger partial charge < -0.3 is 0 Å². The summed E-state index contributed by atoms with van der Waals surface area (Å²) in [5, 5.41) is 0. The van der Waals surface area contributed by atoms with Crippen LogP contribution in [0, 0.1) is 18.6 Å². The van der Waals surface area contributed by atoms with Gasteiger partial charge in [-0.15, -0.1) is 0 Å². The number of hydrogen-bond donors (Lipinski definition) is 0. The Kier molecular flexibility index (Phi) is 5.51. The standard InChI is InChI=1S/C24H24F2N2/c1-18-10-12-19(13-11-18)16-27-14-15-28(17-20-6-2-4-8-22(20)25)24(27)21-7-3-5-9-23(21)26/h2-13,24H,14-17H2,1H3/t24-/m1/s1. The zero-order chi connectivity index (χ0) is 19.5. The molecule has 1 heterocycles. The third kappa shape index (κ3) is 3.98. The van der Waals surface area contributed by atoms with Gasteiger partial charge in [0.2, 0.25) is 0 Å². The van der Waals surface area contributed by atoms with E-state index in [-0.39, 0.29) is 17.8 Å². The van der Waals surface area contributed by atoms with E-state index in [2.05, 4.69) is 41.0 Å². The molecular weight excluding hydrogens is 354 g/mol. The first-order valence-electron chi connectivity index (χ1n) is 9.63. The lowest BCUT2D eigenvalue weighted by Crippen LogP contribution is -2.31. The van der Waals surface area contributed by atoms with Crippen molar-refractivity contribution in [3.8, 4) is 0 Å². The molecule has 0 amide bonds. The quantitative estimate of drug-likeness (QED) is 0.595. The minimum Gasteiger partial charge on any atom is -0.278 e. The monoisotopic (exact) mass is 378 g/mol. The second-order valence-corrected chi connectivity index (χ2v) is 7.41. The van der Waals surface area contributed by atoms with Crippen LogP contribution in [0.1, 0.15) is 28.4 Å². The lowest BCUT2D eigenvalue weighted by Gasteiger charge is -2.31. The van der Waals surface area contributed by atoms with Gasteiger partial charge in [-0.05, 0) is 24.6 Å². The molecule has 3 aromatic rings. The summed E-state index contributed by atoms with van der Waals surface area (Å²) in [7, 11) is 0. The van der Waals surface area contributed by atoms with Gasteiger partial charge in [-0.25, -0.2) is 8.78 Å². The van der Waals surface area contributed by atoms with Crippen molar-refractivity contribution >= 4 is 0 Å². The Morgan fingerprint density at radius 2 is 1.36 bits per heavy atom. The SMILES string of the molecule is Cc1ccc(CN2CCN(Cc3ccccc3F)[C@@H]2c2ccccc2F)cc1. The molecule has 144 valence electrons. The van der Waals surface area contributed by atoms with Gasteiger partial charge in [0.25, 0.3) is 0 Å². The highest BCUT2D eigenvalue weighted by Gasteiger charge is 2.35. The third-order valence-corrected chi connectivity index (χ3v) is 5.39. The number of benzene rings is 3. The number of aryl methyl sites for hydroxylation is 1. The van der Waals surface area contributed by atoms with Gasteiger partial charge in [0.1, 0.15) is 11.6 Å². The number of hydrogen-bond acceptors (Lipinski definition) is 2. The van der Waals surface area contributed by atoms with E-state index in [1.807, 2.05) is 18.2 Å². The number of rotatable bonds is 5. The molecule has 0 radical (unpaired) electrons. The zero-order valence-electron chi connectivity index (χ0n) is 16.0.